The molecule has 2 aromatic carbocycles. The monoisotopic (exact) mass is 273 g/mol. The van der Waals surface area contributed by atoms with Crippen LogP contribution in [0.4, 0.5) is 0 Å². The van der Waals surface area contributed by atoms with E-state index in [9.17, 15) is 0 Å². The Morgan fingerprint density at radius 2 is 1.79 bits per heavy atom. The first kappa shape index (κ1) is 14.4. The number of hydrogen-bond acceptors (Lipinski definition) is 2. The highest BCUT2D eigenvalue weighted by atomic mass is 32.2. The summed E-state index contributed by atoms with van der Waals surface area (Å²) in [7, 11) is 0. The summed E-state index contributed by atoms with van der Waals surface area (Å²) in [4.78, 5) is 1.36. The molecule has 0 fully saturated rings. The molecule has 0 aliphatic rings. The van der Waals surface area contributed by atoms with E-state index in [1.165, 1.54) is 22.1 Å². The number of nitrogens with one attached hydrogen (secondary N) is 1. The predicted octanol–water partition coefficient (Wildman–Crippen LogP) is 4.71. The number of thioether (sulfide) groups is 1. The van der Waals surface area contributed by atoms with Gasteiger partial charge in [-0.2, -0.15) is 0 Å². The van der Waals surface area contributed by atoms with Crippen LogP contribution in [0.25, 0.3) is 10.8 Å². The number of hydrogen-bond donors (Lipinski definition) is 1. The van der Waals surface area contributed by atoms with Gasteiger partial charge in [0.2, 0.25) is 0 Å². The second-order valence-corrected chi connectivity index (χ2v) is 6.53. The zero-order chi connectivity index (χ0) is 13.7. The second-order valence-electron chi connectivity index (χ2n) is 5.07. The van der Waals surface area contributed by atoms with Crippen molar-refractivity contribution in [2.75, 3.05) is 6.54 Å². The smallest absolute Gasteiger partial charge is 0.0217 e. The molecule has 0 saturated heterocycles. The molecule has 0 bridgehead atoms. The third-order valence-electron chi connectivity index (χ3n) is 3.46. The molecule has 2 atom stereocenters. The molecular weight excluding hydrogens is 250 g/mol. The molecule has 0 saturated carbocycles. The molecule has 0 spiro atoms. The average molecular weight is 273 g/mol. The minimum atomic E-state index is 0.538. The SMILES string of the molecule is CCCNC(C)C(C)Sc1ccc2ccccc2c1. The molecule has 2 unspecified atom stereocenters. The van der Waals surface area contributed by atoms with Gasteiger partial charge in [-0.05, 0) is 42.8 Å². The van der Waals surface area contributed by atoms with Gasteiger partial charge in [0.25, 0.3) is 0 Å². The molecule has 2 heteroatoms. The van der Waals surface area contributed by atoms with E-state index in [4.69, 9.17) is 0 Å². The molecule has 2 rings (SSSR count). The summed E-state index contributed by atoms with van der Waals surface area (Å²) in [6, 6.07) is 15.8. The van der Waals surface area contributed by atoms with Crippen molar-refractivity contribution < 1.29 is 0 Å². The molecule has 2 aromatic rings. The zero-order valence-corrected chi connectivity index (χ0v) is 12.8. The highest BCUT2D eigenvalue weighted by Gasteiger charge is 2.12. The van der Waals surface area contributed by atoms with Crippen molar-refractivity contribution in [3.8, 4) is 0 Å². The van der Waals surface area contributed by atoms with Crippen LogP contribution in [0.5, 0.6) is 0 Å². The third-order valence-corrected chi connectivity index (χ3v) is 4.77. The molecule has 1 N–H and O–H groups in total. The van der Waals surface area contributed by atoms with Gasteiger partial charge >= 0.3 is 0 Å². The highest BCUT2D eigenvalue weighted by molar-refractivity contribution is 8.00. The van der Waals surface area contributed by atoms with Gasteiger partial charge in [-0.15, -0.1) is 11.8 Å². The fraction of sp³-hybridized carbons (Fsp3) is 0.412. The van der Waals surface area contributed by atoms with Crippen LogP contribution in [0.3, 0.4) is 0 Å². The lowest BCUT2D eigenvalue weighted by Crippen LogP contribution is -2.34. The summed E-state index contributed by atoms with van der Waals surface area (Å²) in [5.41, 5.74) is 0. The maximum Gasteiger partial charge on any atom is 0.0217 e. The molecular formula is C17H23NS. The van der Waals surface area contributed by atoms with Crippen molar-refractivity contribution in [2.45, 2.75) is 43.4 Å². The Morgan fingerprint density at radius 1 is 1.05 bits per heavy atom. The zero-order valence-electron chi connectivity index (χ0n) is 12.0. The molecule has 102 valence electrons. The summed E-state index contributed by atoms with van der Waals surface area (Å²) in [6.07, 6.45) is 1.19. The first-order chi connectivity index (χ1) is 9.20. The van der Waals surface area contributed by atoms with Crippen molar-refractivity contribution >= 4 is 22.5 Å². The van der Waals surface area contributed by atoms with Gasteiger partial charge in [0.15, 0.2) is 0 Å². The van der Waals surface area contributed by atoms with E-state index in [0.717, 1.165) is 6.54 Å². The molecule has 0 radical (unpaired) electrons. The third kappa shape index (κ3) is 3.99. The maximum atomic E-state index is 3.57. The molecule has 0 aromatic heterocycles. The van der Waals surface area contributed by atoms with Crippen molar-refractivity contribution in [2.24, 2.45) is 0 Å². The van der Waals surface area contributed by atoms with Crippen molar-refractivity contribution in [3.63, 3.8) is 0 Å². The van der Waals surface area contributed by atoms with E-state index in [1.54, 1.807) is 0 Å². The standard InChI is InChI=1S/C17H23NS/c1-4-11-18-13(2)14(3)19-17-10-9-15-7-5-6-8-16(15)12-17/h5-10,12-14,18H,4,11H2,1-3H3. The largest absolute Gasteiger partial charge is 0.313 e. The van der Waals surface area contributed by atoms with Gasteiger partial charge in [0.1, 0.15) is 0 Å². The van der Waals surface area contributed by atoms with E-state index in [1.807, 2.05) is 11.8 Å². The molecule has 1 nitrogen and oxygen atoms in total. The molecule has 19 heavy (non-hydrogen) atoms. The average Bonchev–Trinajstić information content (AvgIpc) is 2.44. The quantitative estimate of drug-likeness (QED) is 0.765. The maximum absolute atomic E-state index is 3.57. The normalized spacial score (nSPS) is 14.5. The fourth-order valence-corrected chi connectivity index (χ4v) is 3.17. The van der Waals surface area contributed by atoms with Crippen LogP contribution in [0, 0.1) is 0 Å². The van der Waals surface area contributed by atoms with E-state index in [0.29, 0.717) is 11.3 Å². The Balaban J connectivity index is 2.04. The van der Waals surface area contributed by atoms with Crippen molar-refractivity contribution in [1.29, 1.82) is 0 Å². The van der Waals surface area contributed by atoms with Crippen LogP contribution in [0.15, 0.2) is 47.4 Å². The van der Waals surface area contributed by atoms with Crippen LogP contribution in [0.1, 0.15) is 27.2 Å². The van der Waals surface area contributed by atoms with Crippen LogP contribution in [0.2, 0.25) is 0 Å². The van der Waals surface area contributed by atoms with Crippen molar-refractivity contribution in [1.82, 2.24) is 5.32 Å². The van der Waals surface area contributed by atoms with Gasteiger partial charge in [0, 0.05) is 16.2 Å². The topological polar surface area (TPSA) is 12.0 Å². The van der Waals surface area contributed by atoms with Gasteiger partial charge in [-0.25, -0.2) is 0 Å². The Hall–Kier alpha value is -0.990. The summed E-state index contributed by atoms with van der Waals surface area (Å²) in [5.74, 6) is 0. The summed E-state index contributed by atoms with van der Waals surface area (Å²) < 4.78 is 0. The molecule has 0 aliphatic heterocycles. The van der Waals surface area contributed by atoms with E-state index < -0.39 is 0 Å². The van der Waals surface area contributed by atoms with E-state index in [-0.39, 0.29) is 0 Å². The molecule has 0 amide bonds. The van der Waals surface area contributed by atoms with Crippen LogP contribution in [-0.4, -0.2) is 17.8 Å². The summed E-state index contributed by atoms with van der Waals surface area (Å²) >= 11 is 1.95. The first-order valence-electron chi connectivity index (χ1n) is 7.09. The molecule has 0 aliphatic carbocycles. The summed E-state index contributed by atoms with van der Waals surface area (Å²) in [5, 5.41) is 6.79. The van der Waals surface area contributed by atoms with Gasteiger partial charge in [-0.1, -0.05) is 44.2 Å². The van der Waals surface area contributed by atoms with Crippen LogP contribution < -0.4 is 5.32 Å². The highest BCUT2D eigenvalue weighted by Crippen LogP contribution is 2.28. The predicted molar refractivity (Wildman–Crippen MR) is 87.0 cm³/mol. The number of rotatable bonds is 6. The van der Waals surface area contributed by atoms with Gasteiger partial charge < -0.3 is 5.32 Å². The van der Waals surface area contributed by atoms with Crippen LogP contribution in [-0.2, 0) is 0 Å². The van der Waals surface area contributed by atoms with E-state index >= 15 is 0 Å². The molecule has 0 heterocycles. The second kappa shape index (κ2) is 6.97. The number of fused-ring (bicyclic) bond motifs is 1. The fourth-order valence-electron chi connectivity index (χ4n) is 2.10. The van der Waals surface area contributed by atoms with Gasteiger partial charge in [0.05, 0.1) is 0 Å². The Kier molecular flexibility index (Phi) is 5.29. The van der Waals surface area contributed by atoms with Crippen molar-refractivity contribution in [3.05, 3.63) is 42.5 Å². The minimum absolute atomic E-state index is 0.538. The lowest BCUT2D eigenvalue weighted by Gasteiger charge is -2.20. The first-order valence-corrected chi connectivity index (χ1v) is 7.97. The Morgan fingerprint density at radius 3 is 2.53 bits per heavy atom. The lowest BCUT2D eigenvalue weighted by atomic mass is 10.1. The Bertz CT molecular complexity index is 523. The summed E-state index contributed by atoms with van der Waals surface area (Å²) in [6.45, 7) is 7.88. The number of benzene rings is 2. The lowest BCUT2D eigenvalue weighted by molar-refractivity contribution is 0.542. The van der Waals surface area contributed by atoms with Crippen LogP contribution >= 0.6 is 11.8 Å². The van der Waals surface area contributed by atoms with E-state index in [2.05, 4.69) is 68.6 Å². The Labute approximate surface area is 120 Å². The van der Waals surface area contributed by atoms with Gasteiger partial charge in [-0.3, -0.25) is 0 Å². The minimum Gasteiger partial charge on any atom is -0.313 e.